The monoisotopic (exact) mass is 262 g/mol. The Kier molecular flexibility index (Phi) is 3.84. The summed E-state index contributed by atoms with van der Waals surface area (Å²) < 4.78 is 3.52. The molecule has 19 heavy (non-hydrogen) atoms. The third kappa shape index (κ3) is 3.12. The summed E-state index contributed by atoms with van der Waals surface area (Å²) in [6.07, 6.45) is 5.13. The summed E-state index contributed by atoms with van der Waals surface area (Å²) in [5, 5.41) is 10.4. The Hall–Kier alpha value is -2.31. The van der Waals surface area contributed by atoms with E-state index in [0.717, 1.165) is 0 Å². The minimum absolute atomic E-state index is 0.134. The highest BCUT2D eigenvalue weighted by atomic mass is 16.1. The number of carbonyl (C=O) groups excluding carboxylic acids is 1. The molecule has 0 bridgehead atoms. The van der Waals surface area contributed by atoms with E-state index < -0.39 is 0 Å². The Labute approximate surface area is 111 Å². The van der Waals surface area contributed by atoms with Crippen molar-refractivity contribution in [3.63, 3.8) is 0 Å². The van der Waals surface area contributed by atoms with Crippen LogP contribution in [0.25, 0.3) is 0 Å². The van der Waals surface area contributed by atoms with E-state index in [-0.39, 0.29) is 11.9 Å². The first-order valence-corrected chi connectivity index (χ1v) is 6.17. The second kappa shape index (κ2) is 5.55. The van der Waals surface area contributed by atoms with Gasteiger partial charge in [-0.05, 0) is 19.9 Å². The Bertz CT molecular complexity index is 543. The van der Waals surface area contributed by atoms with Gasteiger partial charge in [0.25, 0.3) is 5.91 Å². The number of amides is 1. The molecule has 7 nitrogen and oxygen atoms in total. The van der Waals surface area contributed by atoms with Crippen LogP contribution in [0.3, 0.4) is 0 Å². The molecule has 0 aromatic carbocycles. The second-order valence-corrected chi connectivity index (χ2v) is 4.58. The number of nitrogen functional groups attached to an aromatic ring is 1. The average molecular weight is 262 g/mol. The molecule has 0 aliphatic rings. The molecule has 2 aromatic rings. The highest BCUT2D eigenvalue weighted by Crippen LogP contribution is 2.16. The van der Waals surface area contributed by atoms with E-state index in [2.05, 4.69) is 15.6 Å². The van der Waals surface area contributed by atoms with Crippen molar-refractivity contribution < 1.29 is 4.79 Å². The maximum absolute atomic E-state index is 12.1. The van der Waals surface area contributed by atoms with Gasteiger partial charge in [-0.3, -0.25) is 9.48 Å². The van der Waals surface area contributed by atoms with Crippen molar-refractivity contribution in [3.05, 3.63) is 30.4 Å². The number of nitrogens with two attached hydrogens (primary N) is 1. The van der Waals surface area contributed by atoms with Gasteiger partial charge in [0, 0.05) is 25.0 Å². The van der Waals surface area contributed by atoms with Crippen LogP contribution in [0.2, 0.25) is 0 Å². The summed E-state index contributed by atoms with van der Waals surface area (Å²) in [5.74, 6) is -0.134. The lowest BCUT2D eigenvalue weighted by Crippen LogP contribution is -2.29. The number of carbonyl (C=O) groups is 1. The summed E-state index contributed by atoms with van der Waals surface area (Å²) >= 11 is 0. The lowest BCUT2D eigenvalue weighted by atomic mass is 10.3. The number of nitrogens with one attached hydrogen (secondary N) is 1. The van der Waals surface area contributed by atoms with Crippen molar-refractivity contribution >= 4 is 11.6 Å². The van der Waals surface area contributed by atoms with Crippen LogP contribution in [0, 0.1) is 0 Å². The molecular formula is C12H18N6O. The topological polar surface area (TPSA) is 90.8 Å². The molecule has 0 fully saturated rings. The molecule has 0 aliphatic carbocycles. The summed E-state index contributed by atoms with van der Waals surface area (Å²) in [5.41, 5.74) is 6.91. The Morgan fingerprint density at radius 3 is 2.95 bits per heavy atom. The normalized spacial score (nSPS) is 10.9. The van der Waals surface area contributed by atoms with Gasteiger partial charge in [-0.25, -0.2) is 0 Å². The van der Waals surface area contributed by atoms with Crippen LogP contribution in [-0.2, 0) is 6.54 Å². The summed E-state index contributed by atoms with van der Waals surface area (Å²) in [7, 11) is 0. The Balaban J connectivity index is 1.96. The van der Waals surface area contributed by atoms with E-state index in [4.69, 9.17) is 5.73 Å². The fourth-order valence-electron chi connectivity index (χ4n) is 1.84. The van der Waals surface area contributed by atoms with Crippen molar-refractivity contribution in [1.82, 2.24) is 24.9 Å². The third-order valence-corrected chi connectivity index (χ3v) is 2.76. The zero-order valence-electron chi connectivity index (χ0n) is 11.1. The Morgan fingerprint density at radius 1 is 1.53 bits per heavy atom. The molecule has 0 aliphatic heterocycles. The van der Waals surface area contributed by atoms with E-state index in [1.165, 1.54) is 0 Å². The van der Waals surface area contributed by atoms with E-state index in [9.17, 15) is 4.79 Å². The van der Waals surface area contributed by atoms with Crippen molar-refractivity contribution in [2.75, 3.05) is 12.3 Å². The highest BCUT2D eigenvalue weighted by Gasteiger charge is 2.14. The van der Waals surface area contributed by atoms with Gasteiger partial charge in [-0.15, -0.1) is 5.10 Å². The number of aromatic nitrogens is 4. The molecule has 0 spiro atoms. The third-order valence-electron chi connectivity index (χ3n) is 2.76. The van der Waals surface area contributed by atoms with Gasteiger partial charge in [0.1, 0.15) is 5.69 Å². The zero-order chi connectivity index (χ0) is 13.8. The number of anilines is 1. The van der Waals surface area contributed by atoms with Crippen LogP contribution in [0.15, 0.2) is 24.7 Å². The maximum atomic E-state index is 12.1. The van der Waals surface area contributed by atoms with Gasteiger partial charge in [0.2, 0.25) is 0 Å². The standard InChI is InChI=1S/C12H18N6O/c1-9(2)18-8-10(13)7-11(18)12(19)14-3-5-17-6-4-15-16-17/h4,6-9H,3,5,13H2,1-2H3,(H,14,19). The first-order valence-electron chi connectivity index (χ1n) is 6.17. The quantitative estimate of drug-likeness (QED) is 0.828. The second-order valence-electron chi connectivity index (χ2n) is 4.58. The van der Waals surface area contributed by atoms with Gasteiger partial charge in [-0.1, -0.05) is 5.21 Å². The van der Waals surface area contributed by atoms with Crippen LogP contribution < -0.4 is 11.1 Å². The highest BCUT2D eigenvalue weighted by molar-refractivity contribution is 5.93. The SMILES string of the molecule is CC(C)n1cc(N)cc1C(=O)NCCn1ccnn1. The van der Waals surface area contributed by atoms with E-state index >= 15 is 0 Å². The van der Waals surface area contributed by atoms with Crippen LogP contribution in [0.1, 0.15) is 30.4 Å². The van der Waals surface area contributed by atoms with E-state index in [1.54, 1.807) is 29.3 Å². The van der Waals surface area contributed by atoms with Crippen molar-refractivity contribution in [2.45, 2.75) is 26.4 Å². The van der Waals surface area contributed by atoms with Crippen molar-refractivity contribution in [1.29, 1.82) is 0 Å². The molecule has 7 heteroatoms. The maximum Gasteiger partial charge on any atom is 0.268 e. The number of hydrogen-bond acceptors (Lipinski definition) is 4. The van der Waals surface area contributed by atoms with Crippen LogP contribution in [-0.4, -0.2) is 32.0 Å². The van der Waals surface area contributed by atoms with Crippen molar-refractivity contribution in [2.24, 2.45) is 0 Å². The summed E-state index contributed by atoms with van der Waals surface area (Å²) in [6, 6.07) is 1.87. The zero-order valence-corrected chi connectivity index (χ0v) is 11.1. The van der Waals surface area contributed by atoms with E-state index in [1.807, 2.05) is 18.4 Å². The number of nitrogens with zero attached hydrogens (tertiary/aromatic N) is 4. The smallest absolute Gasteiger partial charge is 0.268 e. The molecule has 2 rings (SSSR count). The first kappa shape index (κ1) is 13.1. The van der Waals surface area contributed by atoms with Crippen LogP contribution >= 0.6 is 0 Å². The molecular weight excluding hydrogens is 244 g/mol. The minimum atomic E-state index is -0.134. The summed E-state index contributed by atoms with van der Waals surface area (Å²) in [6.45, 7) is 5.09. The predicted octanol–water partition coefficient (Wildman–Crippen LogP) is 0.673. The molecule has 0 unspecified atom stereocenters. The average Bonchev–Trinajstić information content (AvgIpc) is 2.98. The molecule has 1 amide bonds. The molecule has 0 saturated heterocycles. The molecule has 0 atom stereocenters. The molecule has 3 N–H and O–H groups in total. The minimum Gasteiger partial charge on any atom is -0.397 e. The molecule has 2 aromatic heterocycles. The Morgan fingerprint density at radius 2 is 2.32 bits per heavy atom. The van der Waals surface area contributed by atoms with Gasteiger partial charge in [0.15, 0.2) is 0 Å². The van der Waals surface area contributed by atoms with Gasteiger partial charge in [0.05, 0.1) is 18.4 Å². The fraction of sp³-hybridized carbons (Fsp3) is 0.417. The number of hydrogen-bond donors (Lipinski definition) is 2. The van der Waals surface area contributed by atoms with E-state index in [0.29, 0.717) is 24.5 Å². The first-order chi connectivity index (χ1) is 9.08. The fourth-order valence-corrected chi connectivity index (χ4v) is 1.84. The molecule has 0 radical (unpaired) electrons. The molecule has 2 heterocycles. The lowest BCUT2D eigenvalue weighted by molar-refractivity contribution is 0.0941. The predicted molar refractivity (Wildman–Crippen MR) is 71.6 cm³/mol. The summed E-state index contributed by atoms with van der Waals surface area (Å²) in [4.78, 5) is 12.1. The lowest BCUT2D eigenvalue weighted by Gasteiger charge is -2.12. The van der Waals surface area contributed by atoms with Crippen LogP contribution in [0.4, 0.5) is 5.69 Å². The van der Waals surface area contributed by atoms with Crippen LogP contribution in [0.5, 0.6) is 0 Å². The van der Waals surface area contributed by atoms with Gasteiger partial charge >= 0.3 is 0 Å². The largest absolute Gasteiger partial charge is 0.397 e. The van der Waals surface area contributed by atoms with Gasteiger partial charge < -0.3 is 15.6 Å². The van der Waals surface area contributed by atoms with Gasteiger partial charge in [-0.2, -0.15) is 0 Å². The molecule has 0 saturated carbocycles. The number of rotatable bonds is 5. The van der Waals surface area contributed by atoms with Crippen molar-refractivity contribution in [3.8, 4) is 0 Å². The molecule has 102 valence electrons.